The Morgan fingerprint density at radius 1 is 1.11 bits per heavy atom. The Bertz CT molecular complexity index is 540. The highest BCUT2D eigenvalue weighted by Crippen LogP contribution is 2.26. The summed E-state index contributed by atoms with van der Waals surface area (Å²) in [6.45, 7) is 0. The number of hydrogen-bond donors (Lipinski definition) is 3. The molecule has 0 radical (unpaired) electrons. The molecule has 4 N–H and O–H groups in total. The lowest BCUT2D eigenvalue weighted by Gasteiger charge is -2.13. The minimum absolute atomic E-state index is 0.208. The maximum Gasteiger partial charge on any atom is 0.115 e. The van der Waals surface area contributed by atoms with E-state index in [4.69, 9.17) is 17.3 Å². The molecule has 2 aromatic rings. The SMILES string of the molecule is Nc1cc(Cl)ccc1C(O)Cc1ccc(O)cc1. The maximum atomic E-state index is 10.1. The Hall–Kier alpha value is -1.71. The zero-order chi connectivity index (χ0) is 13.1. The first-order valence-corrected chi connectivity index (χ1v) is 5.95. The zero-order valence-electron chi connectivity index (χ0n) is 9.68. The van der Waals surface area contributed by atoms with Crippen LogP contribution in [0.25, 0.3) is 0 Å². The van der Waals surface area contributed by atoms with E-state index in [9.17, 15) is 10.2 Å². The van der Waals surface area contributed by atoms with Crippen molar-refractivity contribution in [2.75, 3.05) is 5.73 Å². The Kier molecular flexibility index (Phi) is 3.75. The predicted molar refractivity (Wildman–Crippen MR) is 72.6 cm³/mol. The molecule has 0 aliphatic rings. The molecular formula is C14H14ClNO2. The molecule has 2 aromatic carbocycles. The normalized spacial score (nSPS) is 12.3. The van der Waals surface area contributed by atoms with Gasteiger partial charge in [-0.1, -0.05) is 29.8 Å². The number of hydrogen-bond acceptors (Lipinski definition) is 3. The first-order valence-electron chi connectivity index (χ1n) is 5.57. The number of aromatic hydroxyl groups is 1. The topological polar surface area (TPSA) is 66.5 Å². The molecule has 4 heteroatoms. The number of aliphatic hydroxyl groups is 1. The molecule has 94 valence electrons. The molecule has 3 nitrogen and oxygen atoms in total. The van der Waals surface area contributed by atoms with E-state index in [1.165, 1.54) is 0 Å². The Morgan fingerprint density at radius 3 is 2.39 bits per heavy atom. The van der Waals surface area contributed by atoms with Crippen molar-refractivity contribution in [2.24, 2.45) is 0 Å². The van der Waals surface area contributed by atoms with Gasteiger partial charge < -0.3 is 15.9 Å². The van der Waals surface area contributed by atoms with Gasteiger partial charge in [-0.05, 0) is 29.8 Å². The predicted octanol–water partition coefficient (Wildman–Crippen LogP) is 2.90. The number of phenolic OH excluding ortho intramolecular Hbond substituents is 1. The minimum atomic E-state index is -0.688. The number of rotatable bonds is 3. The van der Waals surface area contributed by atoms with Gasteiger partial charge in [0.1, 0.15) is 5.75 Å². The van der Waals surface area contributed by atoms with Crippen molar-refractivity contribution in [3.05, 3.63) is 58.6 Å². The van der Waals surface area contributed by atoms with Crippen LogP contribution in [0.3, 0.4) is 0 Å². The van der Waals surface area contributed by atoms with Gasteiger partial charge in [0.15, 0.2) is 0 Å². The van der Waals surface area contributed by atoms with Gasteiger partial charge in [-0.3, -0.25) is 0 Å². The highest BCUT2D eigenvalue weighted by molar-refractivity contribution is 6.30. The van der Waals surface area contributed by atoms with Crippen LogP contribution in [0.15, 0.2) is 42.5 Å². The molecule has 0 aliphatic heterocycles. The smallest absolute Gasteiger partial charge is 0.115 e. The van der Waals surface area contributed by atoms with E-state index in [2.05, 4.69) is 0 Å². The number of phenols is 1. The van der Waals surface area contributed by atoms with Crippen LogP contribution in [0.5, 0.6) is 5.75 Å². The quantitative estimate of drug-likeness (QED) is 0.746. The van der Waals surface area contributed by atoms with E-state index in [1.807, 2.05) is 0 Å². The second-order valence-electron chi connectivity index (χ2n) is 4.16. The van der Waals surface area contributed by atoms with Crippen LogP contribution in [0, 0.1) is 0 Å². The summed E-state index contributed by atoms with van der Waals surface area (Å²) in [5, 5.41) is 19.9. The van der Waals surface area contributed by atoms with Crippen LogP contribution in [-0.2, 0) is 6.42 Å². The van der Waals surface area contributed by atoms with Crippen LogP contribution >= 0.6 is 11.6 Å². The lowest BCUT2D eigenvalue weighted by atomic mass is 10.00. The number of nitrogen functional groups attached to an aromatic ring is 1. The van der Waals surface area contributed by atoms with E-state index >= 15 is 0 Å². The highest BCUT2D eigenvalue weighted by Gasteiger charge is 2.12. The Balaban J connectivity index is 2.16. The first-order chi connectivity index (χ1) is 8.56. The average molecular weight is 264 g/mol. The largest absolute Gasteiger partial charge is 0.508 e. The Labute approximate surface area is 110 Å². The first kappa shape index (κ1) is 12.7. The third-order valence-corrected chi connectivity index (χ3v) is 3.01. The average Bonchev–Trinajstić information content (AvgIpc) is 2.32. The molecule has 0 spiro atoms. The lowest BCUT2D eigenvalue weighted by Crippen LogP contribution is -2.05. The number of anilines is 1. The third-order valence-electron chi connectivity index (χ3n) is 2.77. The second-order valence-corrected chi connectivity index (χ2v) is 4.60. The van der Waals surface area contributed by atoms with Crippen molar-refractivity contribution >= 4 is 17.3 Å². The molecular weight excluding hydrogens is 250 g/mol. The number of aliphatic hydroxyl groups excluding tert-OH is 1. The monoisotopic (exact) mass is 263 g/mol. The highest BCUT2D eigenvalue weighted by atomic mass is 35.5. The van der Waals surface area contributed by atoms with E-state index in [1.54, 1.807) is 42.5 Å². The van der Waals surface area contributed by atoms with E-state index < -0.39 is 6.10 Å². The second kappa shape index (κ2) is 5.29. The summed E-state index contributed by atoms with van der Waals surface area (Å²) < 4.78 is 0. The van der Waals surface area contributed by atoms with Crippen molar-refractivity contribution in [2.45, 2.75) is 12.5 Å². The van der Waals surface area contributed by atoms with Crippen molar-refractivity contribution < 1.29 is 10.2 Å². The number of halogens is 1. The fourth-order valence-electron chi connectivity index (χ4n) is 1.81. The van der Waals surface area contributed by atoms with Crippen LogP contribution < -0.4 is 5.73 Å². The van der Waals surface area contributed by atoms with Gasteiger partial charge >= 0.3 is 0 Å². The fraction of sp³-hybridized carbons (Fsp3) is 0.143. The van der Waals surface area contributed by atoms with Crippen LogP contribution in [0.4, 0.5) is 5.69 Å². The molecule has 0 fully saturated rings. The molecule has 0 heterocycles. The van der Waals surface area contributed by atoms with Crippen molar-refractivity contribution in [1.82, 2.24) is 0 Å². The van der Waals surface area contributed by atoms with Crippen molar-refractivity contribution in [1.29, 1.82) is 0 Å². The zero-order valence-corrected chi connectivity index (χ0v) is 10.4. The van der Waals surface area contributed by atoms with E-state index in [0.29, 0.717) is 22.7 Å². The van der Waals surface area contributed by atoms with Gasteiger partial charge in [-0.15, -0.1) is 0 Å². The van der Waals surface area contributed by atoms with Crippen molar-refractivity contribution in [3.8, 4) is 5.75 Å². The molecule has 0 amide bonds. The molecule has 18 heavy (non-hydrogen) atoms. The summed E-state index contributed by atoms with van der Waals surface area (Å²) in [5.41, 5.74) is 7.88. The maximum absolute atomic E-state index is 10.1. The molecule has 0 aromatic heterocycles. The summed E-state index contributed by atoms with van der Waals surface area (Å²) in [4.78, 5) is 0. The molecule has 0 saturated carbocycles. The lowest BCUT2D eigenvalue weighted by molar-refractivity contribution is 0.179. The van der Waals surface area contributed by atoms with Crippen LogP contribution in [-0.4, -0.2) is 10.2 Å². The van der Waals surface area contributed by atoms with E-state index in [0.717, 1.165) is 5.56 Å². The molecule has 0 bridgehead atoms. The summed E-state index contributed by atoms with van der Waals surface area (Å²) in [6.07, 6.45) is -0.252. The number of benzene rings is 2. The van der Waals surface area contributed by atoms with Gasteiger partial charge in [-0.25, -0.2) is 0 Å². The van der Waals surface area contributed by atoms with Crippen LogP contribution in [0.2, 0.25) is 5.02 Å². The van der Waals surface area contributed by atoms with Gasteiger partial charge in [-0.2, -0.15) is 0 Å². The van der Waals surface area contributed by atoms with Gasteiger partial charge in [0.2, 0.25) is 0 Å². The molecule has 0 saturated heterocycles. The summed E-state index contributed by atoms with van der Waals surface area (Å²) in [7, 11) is 0. The molecule has 2 rings (SSSR count). The van der Waals surface area contributed by atoms with Crippen LogP contribution in [0.1, 0.15) is 17.2 Å². The van der Waals surface area contributed by atoms with Crippen molar-refractivity contribution in [3.63, 3.8) is 0 Å². The third kappa shape index (κ3) is 2.94. The van der Waals surface area contributed by atoms with Gasteiger partial charge in [0, 0.05) is 22.7 Å². The summed E-state index contributed by atoms with van der Waals surface area (Å²) in [5.74, 6) is 0.208. The van der Waals surface area contributed by atoms with E-state index in [-0.39, 0.29) is 5.75 Å². The van der Waals surface area contributed by atoms with Gasteiger partial charge in [0.25, 0.3) is 0 Å². The fourth-order valence-corrected chi connectivity index (χ4v) is 1.99. The Morgan fingerprint density at radius 2 is 1.78 bits per heavy atom. The summed E-state index contributed by atoms with van der Waals surface area (Å²) >= 11 is 5.81. The molecule has 1 unspecified atom stereocenters. The number of nitrogens with two attached hydrogens (primary N) is 1. The standard InChI is InChI=1S/C14H14ClNO2/c15-10-3-6-12(13(16)8-10)14(18)7-9-1-4-11(17)5-2-9/h1-6,8,14,17-18H,7,16H2. The molecule has 1 atom stereocenters. The summed E-state index contributed by atoms with van der Waals surface area (Å²) in [6, 6.07) is 11.8. The minimum Gasteiger partial charge on any atom is -0.508 e. The molecule has 0 aliphatic carbocycles. The van der Waals surface area contributed by atoms with Gasteiger partial charge in [0.05, 0.1) is 6.10 Å².